The minimum Gasteiger partial charge on any atom is -0.457 e. The number of ether oxygens (including phenoxy) is 1. The Balaban J connectivity index is 1.81. The number of carbonyl (C=O) groups is 1. The van der Waals surface area contributed by atoms with Crippen molar-refractivity contribution in [2.24, 2.45) is 0 Å². The van der Waals surface area contributed by atoms with Gasteiger partial charge < -0.3 is 4.74 Å². The fraction of sp³-hybridized carbons (Fsp3) is 0.0952. The average Bonchev–Trinajstić information content (AvgIpc) is 2.67. The number of benzene rings is 3. The maximum Gasteiger partial charge on any atom is 0.339 e. The van der Waals surface area contributed by atoms with Crippen molar-refractivity contribution in [3.8, 4) is 11.1 Å². The number of alkyl halides is 1. The molecule has 0 aromatic heterocycles. The highest BCUT2D eigenvalue weighted by molar-refractivity contribution is 9.08. The van der Waals surface area contributed by atoms with Crippen molar-refractivity contribution in [3.63, 3.8) is 0 Å². The van der Waals surface area contributed by atoms with Crippen LogP contribution in [-0.4, -0.2) is 5.97 Å². The molecule has 2 nitrogen and oxygen atoms in total. The molecule has 3 heteroatoms. The smallest absolute Gasteiger partial charge is 0.339 e. The highest BCUT2D eigenvalue weighted by Gasteiger charge is 2.13. The Morgan fingerprint density at radius 1 is 0.792 bits per heavy atom. The lowest BCUT2D eigenvalue weighted by Crippen LogP contribution is -2.07. The Morgan fingerprint density at radius 2 is 1.46 bits per heavy atom. The van der Waals surface area contributed by atoms with E-state index in [-0.39, 0.29) is 12.6 Å². The highest BCUT2D eigenvalue weighted by Crippen LogP contribution is 2.25. The third-order valence-electron chi connectivity index (χ3n) is 3.78. The molecule has 0 unspecified atom stereocenters. The molecule has 0 aliphatic carbocycles. The quantitative estimate of drug-likeness (QED) is 0.425. The van der Waals surface area contributed by atoms with Crippen molar-refractivity contribution in [1.82, 2.24) is 0 Å². The normalized spacial score (nSPS) is 10.4. The lowest BCUT2D eigenvalue weighted by atomic mass is 9.99. The van der Waals surface area contributed by atoms with Crippen LogP contribution in [0.3, 0.4) is 0 Å². The van der Waals surface area contributed by atoms with E-state index in [4.69, 9.17) is 4.74 Å². The van der Waals surface area contributed by atoms with E-state index in [9.17, 15) is 4.79 Å². The van der Waals surface area contributed by atoms with E-state index in [1.807, 2.05) is 60.7 Å². The summed E-state index contributed by atoms with van der Waals surface area (Å²) in [6.45, 7) is 0.274. The monoisotopic (exact) mass is 380 g/mol. The molecule has 3 rings (SSSR count). The van der Waals surface area contributed by atoms with Crippen LogP contribution in [0.1, 0.15) is 21.5 Å². The number of carbonyl (C=O) groups excluding carboxylic acids is 1. The lowest BCUT2D eigenvalue weighted by Gasteiger charge is -2.10. The first-order valence-corrected chi connectivity index (χ1v) is 8.85. The minimum atomic E-state index is -0.306. The van der Waals surface area contributed by atoms with E-state index in [0.717, 1.165) is 22.0 Å². The summed E-state index contributed by atoms with van der Waals surface area (Å²) in [6.07, 6.45) is 0. The number of rotatable bonds is 5. The molecule has 0 atom stereocenters. The first-order chi connectivity index (χ1) is 11.8. The van der Waals surface area contributed by atoms with Crippen molar-refractivity contribution in [2.75, 3.05) is 0 Å². The van der Waals surface area contributed by atoms with Gasteiger partial charge in [0.1, 0.15) is 6.61 Å². The van der Waals surface area contributed by atoms with Crippen LogP contribution in [0.15, 0.2) is 78.9 Å². The second kappa shape index (κ2) is 7.93. The molecule has 3 aromatic carbocycles. The van der Waals surface area contributed by atoms with E-state index in [0.29, 0.717) is 5.56 Å². The van der Waals surface area contributed by atoms with Gasteiger partial charge >= 0.3 is 5.97 Å². The van der Waals surface area contributed by atoms with Gasteiger partial charge in [-0.1, -0.05) is 88.7 Å². The van der Waals surface area contributed by atoms with Crippen molar-refractivity contribution >= 4 is 21.9 Å². The van der Waals surface area contributed by atoms with Crippen LogP contribution >= 0.6 is 15.9 Å². The van der Waals surface area contributed by atoms with Gasteiger partial charge in [-0.2, -0.15) is 0 Å². The van der Waals surface area contributed by atoms with Crippen molar-refractivity contribution in [2.45, 2.75) is 11.9 Å². The van der Waals surface area contributed by atoms with Crippen LogP contribution < -0.4 is 0 Å². The zero-order valence-electron chi connectivity index (χ0n) is 13.1. The topological polar surface area (TPSA) is 26.3 Å². The van der Waals surface area contributed by atoms with Gasteiger partial charge in [0.15, 0.2) is 0 Å². The fourth-order valence-corrected chi connectivity index (χ4v) is 2.86. The SMILES string of the molecule is O=C(OCc1ccccc1)c1ccccc1-c1ccc(CBr)cc1. The zero-order valence-corrected chi connectivity index (χ0v) is 14.7. The second-order valence-electron chi connectivity index (χ2n) is 5.44. The molecule has 120 valence electrons. The third kappa shape index (κ3) is 3.92. The summed E-state index contributed by atoms with van der Waals surface area (Å²) in [4.78, 5) is 12.5. The predicted octanol–water partition coefficient (Wildman–Crippen LogP) is 5.61. The Morgan fingerprint density at radius 3 is 2.17 bits per heavy atom. The predicted molar refractivity (Wildman–Crippen MR) is 100 cm³/mol. The summed E-state index contributed by atoms with van der Waals surface area (Å²) < 4.78 is 5.47. The molecule has 0 radical (unpaired) electrons. The summed E-state index contributed by atoms with van der Waals surface area (Å²) in [6, 6.07) is 25.4. The number of hydrogen-bond donors (Lipinski definition) is 0. The number of hydrogen-bond acceptors (Lipinski definition) is 2. The van der Waals surface area contributed by atoms with Crippen LogP contribution in [0.5, 0.6) is 0 Å². The Bertz CT molecular complexity index is 811. The van der Waals surface area contributed by atoms with Gasteiger partial charge in [0.2, 0.25) is 0 Å². The summed E-state index contributed by atoms with van der Waals surface area (Å²) >= 11 is 3.44. The molecule has 0 aliphatic rings. The number of halogens is 1. The highest BCUT2D eigenvalue weighted by atomic mass is 79.9. The lowest BCUT2D eigenvalue weighted by molar-refractivity contribution is 0.0473. The summed E-state index contributed by atoms with van der Waals surface area (Å²) in [7, 11) is 0. The van der Waals surface area contributed by atoms with Crippen LogP contribution in [0, 0.1) is 0 Å². The summed E-state index contributed by atoms with van der Waals surface area (Å²) in [5.41, 5.74) is 4.65. The maximum atomic E-state index is 12.5. The van der Waals surface area contributed by atoms with Crippen LogP contribution in [0.4, 0.5) is 0 Å². The number of esters is 1. The Labute approximate surface area is 150 Å². The van der Waals surface area contributed by atoms with Gasteiger partial charge in [0.25, 0.3) is 0 Å². The van der Waals surface area contributed by atoms with Crippen LogP contribution in [-0.2, 0) is 16.7 Å². The van der Waals surface area contributed by atoms with Gasteiger partial charge in [0, 0.05) is 5.33 Å². The Hall–Kier alpha value is -2.39. The second-order valence-corrected chi connectivity index (χ2v) is 6.00. The van der Waals surface area contributed by atoms with E-state index >= 15 is 0 Å². The molecule has 0 fully saturated rings. The summed E-state index contributed by atoms with van der Waals surface area (Å²) in [5, 5.41) is 0.814. The standard InChI is InChI=1S/C21H17BrO2/c22-14-16-10-12-18(13-11-16)19-8-4-5-9-20(19)21(23)24-15-17-6-2-1-3-7-17/h1-13H,14-15H2. The van der Waals surface area contributed by atoms with E-state index in [1.54, 1.807) is 6.07 Å². The van der Waals surface area contributed by atoms with E-state index in [1.165, 1.54) is 5.56 Å². The largest absolute Gasteiger partial charge is 0.457 e. The van der Waals surface area contributed by atoms with Crippen molar-refractivity contribution < 1.29 is 9.53 Å². The molecular formula is C21H17BrO2. The van der Waals surface area contributed by atoms with Gasteiger partial charge in [-0.25, -0.2) is 4.79 Å². The van der Waals surface area contributed by atoms with Crippen molar-refractivity contribution in [1.29, 1.82) is 0 Å². The first kappa shape index (κ1) is 16.5. The molecule has 24 heavy (non-hydrogen) atoms. The summed E-state index contributed by atoms with van der Waals surface area (Å²) in [5.74, 6) is -0.306. The average molecular weight is 381 g/mol. The Kier molecular flexibility index (Phi) is 5.44. The fourth-order valence-electron chi connectivity index (χ4n) is 2.49. The van der Waals surface area contributed by atoms with Crippen LogP contribution in [0.2, 0.25) is 0 Å². The molecule has 0 amide bonds. The van der Waals surface area contributed by atoms with E-state index in [2.05, 4.69) is 28.1 Å². The van der Waals surface area contributed by atoms with Gasteiger partial charge in [0.05, 0.1) is 5.56 Å². The van der Waals surface area contributed by atoms with Gasteiger partial charge in [-0.05, 0) is 28.3 Å². The molecule has 0 heterocycles. The molecule has 0 spiro atoms. The minimum absolute atomic E-state index is 0.274. The zero-order chi connectivity index (χ0) is 16.8. The molecule has 3 aromatic rings. The maximum absolute atomic E-state index is 12.5. The van der Waals surface area contributed by atoms with Crippen LogP contribution in [0.25, 0.3) is 11.1 Å². The third-order valence-corrected chi connectivity index (χ3v) is 4.43. The molecule has 0 saturated carbocycles. The molecule has 0 bridgehead atoms. The molecule has 0 N–H and O–H groups in total. The molecular weight excluding hydrogens is 364 g/mol. The van der Waals surface area contributed by atoms with E-state index < -0.39 is 0 Å². The molecule has 0 aliphatic heterocycles. The molecule has 0 saturated heterocycles. The van der Waals surface area contributed by atoms with Crippen molar-refractivity contribution in [3.05, 3.63) is 95.6 Å². The first-order valence-electron chi connectivity index (χ1n) is 7.73. The van der Waals surface area contributed by atoms with Gasteiger partial charge in [-0.15, -0.1) is 0 Å². The van der Waals surface area contributed by atoms with Gasteiger partial charge in [-0.3, -0.25) is 0 Å².